The first kappa shape index (κ1) is 17.8. The number of nitrogens with zero attached hydrogens (tertiary/aromatic N) is 1. The molecule has 1 aromatic carbocycles. The van der Waals surface area contributed by atoms with E-state index in [4.69, 9.17) is 5.26 Å². The van der Waals surface area contributed by atoms with Crippen LogP contribution in [0, 0.1) is 11.3 Å². The Balaban J connectivity index is 2.72. The van der Waals surface area contributed by atoms with Crippen LogP contribution in [-0.4, -0.2) is 26.5 Å². The lowest BCUT2D eigenvalue weighted by molar-refractivity contribution is -0.137. The molecule has 0 radical (unpaired) electrons. The van der Waals surface area contributed by atoms with Crippen LogP contribution in [0.15, 0.2) is 23.1 Å². The molecule has 1 N–H and O–H groups in total. The van der Waals surface area contributed by atoms with Gasteiger partial charge in [-0.3, -0.25) is 0 Å². The van der Waals surface area contributed by atoms with Gasteiger partial charge in [0, 0.05) is 17.2 Å². The van der Waals surface area contributed by atoms with E-state index < -0.39 is 27.3 Å². The Labute approximate surface area is 125 Å². The predicted molar refractivity (Wildman–Crippen MR) is 74.3 cm³/mol. The maximum absolute atomic E-state index is 12.8. The van der Waals surface area contributed by atoms with Crippen LogP contribution < -0.4 is 4.72 Å². The van der Waals surface area contributed by atoms with Gasteiger partial charge in [-0.1, -0.05) is 0 Å². The number of sulfonamides is 1. The molecular weight excluding hydrogens is 325 g/mol. The molecule has 9 heteroatoms. The molecule has 0 aromatic heterocycles. The summed E-state index contributed by atoms with van der Waals surface area (Å²) in [6.45, 7) is 1.62. The SMILES string of the molecule is CCS(=O)(=O)NCCSc1ccc(C#N)c(C(F)(F)F)c1. The van der Waals surface area contributed by atoms with Gasteiger partial charge in [0.1, 0.15) is 0 Å². The van der Waals surface area contributed by atoms with Crippen molar-refractivity contribution in [3.8, 4) is 6.07 Å². The van der Waals surface area contributed by atoms with E-state index in [2.05, 4.69) is 4.72 Å². The number of hydrogen-bond donors (Lipinski definition) is 1. The summed E-state index contributed by atoms with van der Waals surface area (Å²) in [6, 6.07) is 4.93. The number of benzene rings is 1. The number of thioether (sulfide) groups is 1. The average molecular weight is 338 g/mol. The first-order valence-electron chi connectivity index (χ1n) is 5.91. The standard InChI is InChI=1S/C12H13F3N2O2S2/c1-2-21(18,19)17-5-6-20-10-4-3-9(8-16)11(7-10)12(13,14)15/h3-4,7,17H,2,5-6H2,1H3. The second-order valence-corrected chi connectivity index (χ2v) is 7.23. The van der Waals surface area contributed by atoms with E-state index in [9.17, 15) is 21.6 Å². The molecule has 1 rings (SSSR count). The zero-order chi connectivity index (χ0) is 16.1. The predicted octanol–water partition coefficient (Wildman–Crippen LogP) is 2.61. The summed E-state index contributed by atoms with van der Waals surface area (Å²) in [5, 5.41) is 8.67. The summed E-state index contributed by atoms with van der Waals surface area (Å²) in [6.07, 6.45) is -4.59. The van der Waals surface area contributed by atoms with E-state index >= 15 is 0 Å². The van der Waals surface area contributed by atoms with E-state index in [0.717, 1.165) is 23.9 Å². The van der Waals surface area contributed by atoms with E-state index in [0.29, 0.717) is 10.6 Å². The average Bonchev–Trinajstić information content (AvgIpc) is 2.42. The van der Waals surface area contributed by atoms with Gasteiger partial charge < -0.3 is 0 Å². The van der Waals surface area contributed by atoms with Gasteiger partial charge in [-0.25, -0.2) is 13.1 Å². The Morgan fingerprint density at radius 1 is 1.38 bits per heavy atom. The van der Waals surface area contributed by atoms with Gasteiger partial charge in [0.25, 0.3) is 0 Å². The fourth-order valence-corrected chi connectivity index (χ4v) is 2.96. The molecule has 0 atom stereocenters. The van der Waals surface area contributed by atoms with Crippen molar-refractivity contribution in [3.05, 3.63) is 29.3 Å². The minimum Gasteiger partial charge on any atom is -0.214 e. The Morgan fingerprint density at radius 2 is 2.05 bits per heavy atom. The fourth-order valence-electron chi connectivity index (χ4n) is 1.41. The minimum atomic E-state index is -4.59. The van der Waals surface area contributed by atoms with Crippen molar-refractivity contribution in [2.75, 3.05) is 18.1 Å². The lowest BCUT2D eigenvalue weighted by atomic mass is 10.1. The number of halogens is 3. The first-order valence-corrected chi connectivity index (χ1v) is 8.55. The van der Waals surface area contributed by atoms with E-state index in [1.807, 2.05) is 0 Å². The Hall–Kier alpha value is -1.24. The maximum atomic E-state index is 12.8. The number of hydrogen-bond acceptors (Lipinski definition) is 4. The van der Waals surface area contributed by atoms with Gasteiger partial charge in [-0.2, -0.15) is 18.4 Å². The molecule has 1 aromatic rings. The molecule has 116 valence electrons. The fraction of sp³-hybridized carbons (Fsp3) is 0.417. The van der Waals surface area contributed by atoms with Crippen molar-refractivity contribution < 1.29 is 21.6 Å². The summed E-state index contributed by atoms with van der Waals surface area (Å²) in [4.78, 5) is 0.331. The second-order valence-electron chi connectivity index (χ2n) is 3.96. The van der Waals surface area contributed by atoms with Gasteiger partial charge in [-0.15, -0.1) is 11.8 Å². The Kier molecular flexibility index (Phi) is 6.07. The van der Waals surface area contributed by atoms with Gasteiger partial charge >= 0.3 is 6.18 Å². The van der Waals surface area contributed by atoms with Gasteiger partial charge in [0.15, 0.2) is 0 Å². The summed E-state index contributed by atoms with van der Waals surface area (Å²) >= 11 is 1.08. The molecule has 0 bridgehead atoms. The zero-order valence-corrected chi connectivity index (χ0v) is 12.7. The summed E-state index contributed by atoms with van der Waals surface area (Å²) in [5.74, 6) is 0.245. The summed E-state index contributed by atoms with van der Waals surface area (Å²) < 4.78 is 62.9. The van der Waals surface area contributed by atoms with Crippen LogP contribution in [0.25, 0.3) is 0 Å². The normalized spacial score (nSPS) is 12.1. The van der Waals surface area contributed by atoms with E-state index in [-0.39, 0.29) is 12.3 Å². The molecule has 0 aliphatic carbocycles. The zero-order valence-electron chi connectivity index (χ0n) is 11.1. The number of nitriles is 1. The third-order valence-electron chi connectivity index (χ3n) is 2.49. The molecule has 0 saturated carbocycles. The molecule has 0 aliphatic rings. The van der Waals surface area contributed by atoms with E-state index in [1.165, 1.54) is 19.1 Å². The highest BCUT2D eigenvalue weighted by atomic mass is 32.2. The van der Waals surface area contributed by atoms with Crippen LogP contribution >= 0.6 is 11.8 Å². The minimum absolute atomic E-state index is 0.0489. The van der Waals surface area contributed by atoms with Crippen LogP contribution in [-0.2, 0) is 16.2 Å². The molecule has 0 fully saturated rings. The highest BCUT2D eigenvalue weighted by Gasteiger charge is 2.33. The topological polar surface area (TPSA) is 70.0 Å². The third-order valence-corrected chi connectivity index (χ3v) is 4.89. The van der Waals surface area contributed by atoms with Crippen LogP contribution in [0.3, 0.4) is 0 Å². The molecule has 0 heterocycles. The van der Waals surface area contributed by atoms with E-state index in [1.54, 1.807) is 0 Å². The monoisotopic (exact) mass is 338 g/mol. The molecular formula is C12H13F3N2O2S2. The molecule has 21 heavy (non-hydrogen) atoms. The first-order chi connectivity index (χ1) is 9.69. The molecule has 0 spiro atoms. The quantitative estimate of drug-likeness (QED) is 0.639. The molecule has 0 unspecified atom stereocenters. The van der Waals surface area contributed by atoms with Gasteiger partial charge in [0.05, 0.1) is 22.9 Å². The number of rotatable bonds is 6. The van der Waals surface area contributed by atoms with Crippen molar-refractivity contribution in [2.24, 2.45) is 0 Å². The van der Waals surface area contributed by atoms with Crippen LogP contribution in [0.1, 0.15) is 18.1 Å². The van der Waals surface area contributed by atoms with Gasteiger partial charge in [0.2, 0.25) is 10.0 Å². The number of alkyl halides is 3. The molecule has 0 aliphatic heterocycles. The molecule has 0 saturated heterocycles. The Morgan fingerprint density at radius 3 is 2.57 bits per heavy atom. The van der Waals surface area contributed by atoms with Crippen LogP contribution in [0.2, 0.25) is 0 Å². The Bertz CT molecular complexity index is 637. The van der Waals surface area contributed by atoms with Crippen molar-refractivity contribution in [1.29, 1.82) is 5.26 Å². The maximum Gasteiger partial charge on any atom is 0.417 e. The highest BCUT2D eigenvalue weighted by Crippen LogP contribution is 2.34. The van der Waals surface area contributed by atoms with Crippen molar-refractivity contribution in [1.82, 2.24) is 4.72 Å². The van der Waals surface area contributed by atoms with Crippen LogP contribution in [0.5, 0.6) is 0 Å². The van der Waals surface area contributed by atoms with Crippen molar-refractivity contribution in [3.63, 3.8) is 0 Å². The molecule has 4 nitrogen and oxygen atoms in total. The summed E-state index contributed by atoms with van der Waals surface area (Å²) in [7, 11) is -3.30. The van der Waals surface area contributed by atoms with Gasteiger partial charge in [-0.05, 0) is 25.1 Å². The second kappa shape index (κ2) is 7.15. The van der Waals surface area contributed by atoms with Crippen molar-refractivity contribution in [2.45, 2.75) is 18.0 Å². The van der Waals surface area contributed by atoms with Crippen LogP contribution in [0.4, 0.5) is 13.2 Å². The lowest BCUT2D eigenvalue weighted by Gasteiger charge is -2.10. The third kappa shape index (κ3) is 5.57. The molecule has 0 amide bonds. The number of nitrogens with one attached hydrogen (secondary N) is 1. The summed E-state index contributed by atoms with van der Waals surface area (Å²) in [5.41, 5.74) is -1.41. The highest BCUT2D eigenvalue weighted by molar-refractivity contribution is 7.99. The smallest absolute Gasteiger partial charge is 0.214 e. The van der Waals surface area contributed by atoms with Crippen molar-refractivity contribution >= 4 is 21.8 Å². The largest absolute Gasteiger partial charge is 0.417 e. The lowest BCUT2D eigenvalue weighted by Crippen LogP contribution is -2.27.